The van der Waals surface area contributed by atoms with E-state index >= 15 is 0 Å². The van der Waals surface area contributed by atoms with Crippen LogP contribution in [-0.4, -0.2) is 40.6 Å². The van der Waals surface area contributed by atoms with Gasteiger partial charge in [0.2, 0.25) is 5.60 Å². The van der Waals surface area contributed by atoms with Gasteiger partial charge in [0.05, 0.1) is 6.10 Å². The van der Waals surface area contributed by atoms with Crippen LogP contribution in [0.4, 0.5) is 5.69 Å². The number of aliphatic carboxylic acids is 1. The molecule has 28 heavy (non-hydrogen) atoms. The second-order valence-corrected chi connectivity index (χ2v) is 7.65. The molecule has 1 aromatic rings. The minimum absolute atomic E-state index is 0.103. The van der Waals surface area contributed by atoms with Crippen molar-refractivity contribution in [3.63, 3.8) is 0 Å². The van der Waals surface area contributed by atoms with Crippen molar-refractivity contribution in [2.24, 2.45) is 0 Å². The first-order valence-corrected chi connectivity index (χ1v) is 9.47. The van der Waals surface area contributed by atoms with E-state index in [1.54, 1.807) is 26.8 Å². The number of nitrogens with one attached hydrogen (secondary N) is 2. The maximum atomic E-state index is 13.1. The Morgan fingerprint density at radius 2 is 1.82 bits per heavy atom. The summed E-state index contributed by atoms with van der Waals surface area (Å²) in [6, 6.07) is 4.07. The number of carboxylic acids is 1. The average molecular weight is 429 g/mol. The van der Waals surface area contributed by atoms with E-state index in [-0.39, 0.29) is 12.8 Å². The fourth-order valence-electron chi connectivity index (χ4n) is 3.03. The highest BCUT2D eigenvalue weighted by Crippen LogP contribution is 2.33. The summed E-state index contributed by atoms with van der Waals surface area (Å²) >= 11 is 11.9. The van der Waals surface area contributed by atoms with Crippen molar-refractivity contribution in [2.45, 2.75) is 51.4 Å². The highest BCUT2D eigenvalue weighted by atomic mass is 35.5. The van der Waals surface area contributed by atoms with E-state index in [1.807, 2.05) is 0 Å². The second-order valence-electron chi connectivity index (χ2n) is 6.77. The van der Waals surface area contributed by atoms with Crippen LogP contribution in [0.15, 0.2) is 29.8 Å². The van der Waals surface area contributed by atoms with Gasteiger partial charge in [-0.25, -0.2) is 0 Å². The molecule has 3 unspecified atom stereocenters. The molecule has 1 aliphatic heterocycles. The summed E-state index contributed by atoms with van der Waals surface area (Å²) in [6.45, 7) is 5.02. The molecular formula is C19H22Cl2N2O5. The van der Waals surface area contributed by atoms with E-state index in [9.17, 15) is 14.4 Å². The van der Waals surface area contributed by atoms with E-state index in [0.29, 0.717) is 21.3 Å². The third kappa shape index (κ3) is 5.04. The fraction of sp³-hybridized carbons (Fsp3) is 0.421. The van der Waals surface area contributed by atoms with Crippen LogP contribution in [0.5, 0.6) is 0 Å². The predicted molar refractivity (Wildman–Crippen MR) is 107 cm³/mol. The first-order chi connectivity index (χ1) is 13.0. The van der Waals surface area contributed by atoms with Gasteiger partial charge >= 0.3 is 5.97 Å². The fourth-order valence-corrected chi connectivity index (χ4v) is 3.55. The zero-order chi connectivity index (χ0) is 21.1. The molecule has 0 spiro atoms. The number of carboxylic acid groups (broad SMARTS) is 1. The lowest BCUT2D eigenvalue weighted by Crippen LogP contribution is -2.58. The van der Waals surface area contributed by atoms with Gasteiger partial charge in [0.25, 0.3) is 11.8 Å². The molecule has 0 aromatic heterocycles. The summed E-state index contributed by atoms with van der Waals surface area (Å²) in [7, 11) is 0. The Morgan fingerprint density at radius 1 is 1.21 bits per heavy atom. The molecule has 3 N–H and O–H groups in total. The van der Waals surface area contributed by atoms with E-state index in [0.717, 1.165) is 0 Å². The maximum absolute atomic E-state index is 13.1. The monoisotopic (exact) mass is 428 g/mol. The molecule has 0 fully saturated rings. The molecule has 7 nitrogen and oxygen atoms in total. The molecule has 1 aliphatic rings. The van der Waals surface area contributed by atoms with Gasteiger partial charge in [0.15, 0.2) is 0 Å². The van der Waals surface area contributed by atoms with Crippen molar-refractivity contribution in [1.29, 1.82) is 0 Å². The minimum Gasteiger partial charge on any atom is -0.481 e. The Bertz CT molecular complexity index is 806. The molecule has 2 amide bonds. The summed E-state index contributed by atoms with van der Waals surface area (Å²) in [5, 5.41) is 14.8. The second kappa shape index (κ2) is 8.94. The Labute approximate surface area is 173 Å². The van der Waals surface area contributed by atoms with Crippen LogP contribution in [0.25, 0.3) is 0 Å². The van der Waals surface area contributed by atoms with E-state index in [4.69, 9.17) is 33.0 Å². The number of ether oxygens (including phenoxy) is 1. The van der Waals surface area contributed by atoms with Gasteiger partial charge < -0.3 is 20.5 Å². The van der Waals surface area contributed by atoms with Crippen molar-refractivity contribution in [1.82, 2.24) is 5.32 Å². The zero-order valence-electron chi connectivity index (χ0n) is 15.7. The third-order valence-electron chi connectivity index (χ3n) is 4.33. The highest BCUT2D eigenvalue weighted by molar-refractivity contribution is 6.35. The number of rotatable bonds is 7. The number of carbonyl (C=O) groups excluding carboxylic acids is 2. The van der Waals surface area contributed by atoms with E-state index < -0.39 is 35.5 Å². The molecule has 0 radical (unpaired) electrons. The number of hydrogen-bond donors (Lipinski definition) is 3. The van der Waals surface area contributed by atoms with Crippen LogP contribution in [0.3, 0.4) is 0 Å². The molecule has 152 valence electrons. The van der Waals surface area contributed by atoms with Crippen molar-refractivity contribution < 1.29 is 24.2 Å². The van der Waals surface area contributed by atoms with Crippen molar-refractivity contribution in [3.8, 4) is 0 Å². The molecule has 0 saturated carbocycles. The van der Waals surface area contributed by atoms with Gasteiger partial charge in [0.1, 0.15) is 0 Å². The lowest BCUT2D eigenvalue weighted by molar-refractivity contribution is -0.153. The summed E-state index contributed by atoms with van der Waals surface area (Å²) in [4.78, 5) is 36.8. The molecule has 3 atom stereocenters. The molecule has 2 rings (SSSR count). The molecule has 9 heteroatoms. The van der Waals surface area contributed by atoms with Crippen molar-refractivity contribution >= 4 is 46.7 Å². The summed E-state index contributed by atoms with van der Waals surface area (Å²) in [5.41, 5.74) is -1.11. The molecule has 1 heterocycles. The van der Waals surface area contributed by atoms with Crippen LogP contribution < -0.4 is 10.6 Å². The van der Waals surface area contributed by atoms with Crippen LogP contribution >= 0.6 is 23.2 Å². The van der Waals surface area contributed by atoms with Gasteiger partial charge in [-0.2, -0.15) is 0 Å². The topological polar surface area (TPSA) is 105 Å². The minimum atomic E-state index is -1.87. The molecule has 0 saturated heterocycles. The Kier molecular flexibility index (Phi) is 7.09. The van der Waals surface area contributed by atoms with Crippen molar-refractivity contribution in [3.05, 3.63) is 39.9 Å². The zero-order valence-corrected chi connectivity index (χ0v) is 17.2. The first kappa shape index (κ1) is 22.2. The quantitative estimate of drug-likeness (QED) is 0.455. The summed E-state index contributed by atoms with van der Waals surface area (Å²) in [6.07, 6.45) is 1.36. The van der Waals surface area contributed by atoms with Gasteiger partial charge in [0, 0.05) is 28.2 Å². The maximum Gasteiger partial charge on any atom is 0.303 e. The Morgan fingerprint density at radius 3 is 2.32 bits per heavy atom. The first-order valence-electron chi connectivity index (χ1n) is 8.71. The summed E-state index contributed by atoms with van der Waals surface area (Å²) < 4.78 is 5.74. The van der Waals surface area contributed by atoms with Gasteiger partial charge in [-0.05, 0) is 51.0 Å². The number of hydrogen-bond acceptors (Lipinski definition) is 4. The van der Waals surface area contributed by atoms with E-state index in [1.165, 1.54) is 18.2 Å². The van der Waals surface area contributed by atoms with Crippen molar-refractivity contribution in [2.75, 3.05) is 5.32 Å². The number of halogens is 2. The standard InChI is InChI=1S/C19H22Cl2N2O5/c1-10-6-12(3)28-19(10,17(26)22-11(2)4-5-16(24)25)18(27)23-15-8-13(20)7-14(21)9-15/h6-9,11-12H,4-5H2,1-3H3,(H,22,26)(H,23,27)(H,24,25). The van der Waals surface area contributed by atoms with Gasteiger partial charge in [-0.15, -0.1) is 0 Å². The van der Waals surface area contributed by atoms with E-state index in [2.05, 4.69) is 10.6 Å². The Balaban J connectivity index is 2.25. The average Bonchev–Trinajstić information content (AvgIpc) is 2.87. The smallest absolute Gasteiger partial charge is 0.303 e. The lowest BCUT2D eigenvalue weighted by Gasteiger charge is -2.30. The third-order valence-corrected chi connectivity index (χ3v) is 4.77. The molecule has 1 aromatic carbocycles. The molecule has 0 bridgehead atoms. The predicted octanol–water partition coefficient (Wildman–Crippen LogP) is 3.41. The Hall–Kier alpha value is -2.09. The molecular weight excluding hydrogens is 407 g/mol. The van der Waals surface area contributed by atoms with Crippen LogP contribution in [0.2, 0.25) is 10.0 Å². The number of anilines is 1. The van der Waals surface area contributed by atoms with Crippen LogP contribution in [0.1, 0.15) is 33.6 Å². The number of carbonyl (C=O) groups is 3. The summed E-state index contributed by atoms with van der Waals surface area (Å²) in [5.74, 6) is -2.31. The largest absolute Gasteiger partial charge is 0.481 e. The molecule has 0 aliphatic carbocycles. The number of benzene rings is 1. The van der Waals surface area contributed by atoms with Gasteiger partial charge in [-0.1, -0.05) is 29.3 Å². The number of amides is 2. The highest BCUT2D eigenvalue weighted by Gasteiger charge is 2.53. The van der Waals surface area contributed by atoms with Crippen LogP contribution in [-0.2, 0) is 19.1 Å². The normalized spacial score (nSPS) is 22.3. The van der Waals surface area contributed by atoms with Crippen LogP contribution in [0, 0.1) is 0 Å². The SMILES string of the molecule is CC1=CC(C)OC1(C(=O)Nc1cc(Cl)cc(Cl)c1)C(=O)NC(C)CCC(=O)O. The lowest BCUT2D eigenvalue weighted by atomic mass is 9.92. The van der Waals surface area contributed by atoms with Gasteiger partial charge in [-0.3, -0.25) is 14.4 Å².